The molecule has 0 amide bonds. The van der Waals surface area contributed by atoms with E-state index in [1.807, 2.05) is 0 Å². The quantitative estimate of drug-likeness (QED) is 0.869. The van der Waals surface area contributed by atoms with E-state index >= 15 is 0 Å². The molecule has 0 unspecified atom stereocenters. The average molecular weight is 270 g/mol. The van der Waals surface area contributed by atoms with Gasteiger partial charge in [-0.2, -0.15) is 0 Å². The monoisotopic (exact) mass is 270 g/mol. The van der Waals surface area contributed by atoms with E-state index in [0.717, 1.165) is 18.7 Å². The van der Waals surface area contributed by atoms with E-state index in [4.69, 9.17) is 0 Å². The zero-order chi connectivity index (χ0) is 13.3. The summed E-state index contributed by atoms with van der Waals surface area (Å²) in [4.78, 5) is 2.34. The van der Waals surface area contributed by atoms with Gasteiger partial charge in [0.05, 0.1) is 11.0 Å². The van der Waals surface area contributed by atoms with Crippen LogP contribution in [0.5, 0.6) is 0 Å². The van der Waals surface area contributed by atoms with Crippen molar-refractivity contribution in [2.24, 2.45) is 0 Å². The van der Waals surface area contributed by atoms with Crippen molar-refractivity contribution in [1.29, 1.82) is 0 Å². The molecule has 1 aliphatic heterocycles. The molecule has 5 nitrogen and oxygen atoms in total. The van der Waals surface area contributed by atoms with E-state index < -0.39 is 10.0 Å². The van der Waals surface area contributed by atoms with Crippen LogP contribution in [0, 0.1) is 0 Å². The predicted octanol–water partition coefficient (Wildman–Crippen LogP) is 0.508. The number of hydrogen-bond acceptors (Lipinski definition) is 4. The number of β-amino-alcohol motifs (C(OH)–C–C–N with tert-alkyl or cyclic N) is 1. The first-order valence-corrected chi connectivity index (χ1v) is 7.31. The van der Waals surface area contributed by atoms with Crippen molar-refractivity contribution in [2.45, 2.75) is 17.4 Å². The number of sulfonamides is 1. The second-order valence-corrected chi connectivity index (χ2v) is 6.82. The largest absolute Gasteiger partial charge is 0.391 e. The van der Waals surface area contributed by atoms with Crippen LogP contribution in [-0.2, 0) is 10.0 Å². The van der Waals surface area contributed by atoms with Crippen molar-refractivity contribution < 1.29 is 13.5 Å². The first-order chi connectivity index (χ1) is 8.41. The molecule has 0 bridgehead atoms. The van der Waals surface area contributed by atoms with Crippen LogP contribution >= 0.6 is 0 Å². The number of nitrogens with zero attached hydrogens (tertiary/aromatic N) is 2. The highest BCUT2D eigenvalue weighted by Crippen LogP contribution is 2.23. The third-order valence-electron chi connectivity index (χ3n) is 3.14. The molecule has 1 aromatic carbocycles. The third-order valence-corrected chi connectivity index (χ3v) is 4.97. The van der Waals surface area contributed by atoms with E-state index in [-0.39, 0.29) is 11.0 Å². The predicted molar refractivity (Wildman–Crippen MR) is 70.2 cm³/mol. The van der Waals surface area contributed by atoms with Crippen molar-refractivity contribution in [3.05, 3.63) is 24.3 Å². The fourth-order valence-electron chi connectivity index (χ4n) is 2.02. The molecule has 18 heavy (non-hydrogen) atoms. The number of anilines is 1. The first kappa shape index (κ1) is 13.3. The van der Waals surface area contributed by atoms with E-state index in [1.54, 1.807) is 24.3 Å². The van der Waals surface area contributed by atoms with Crippen molar-refractivity contribution in [3.63, 3.8) is 0 Å². The fourth-order valence-corrected chi connectivity index (χ4v) is 2.92. The van der Waals surface area contributed by atoms with Gasteiger partial charge in [0.15, 0.2) is 0 Å². The summed E-state index contributed by atoms with van der Waals surface area (Å²) in [6, 6.07) is 6.79. The van der Waals surface area contributed by atoms with Crippen LogP contribution in [0.25, 0.3) is 0 Å². The molecule has 1 saturated heterocycles. The minimum absolute atomic E-state index is 0.282. The molecular weight excluding hydrogens is 252 g/mol. The lowest BCUT2D eigenvalue weighted by Gasteiger charge is -2.18. The smallest absolute Gasteiger partial charge is 0.242 e. The van der Waals surface area contributed by atoms with Crippen LogP contribution in [0.2, 0.25) is 0 Å². The second kappa shape index (κ2) is 4.87. The van der Waals surface area contributed by atoms with Gasteiger partial charge in [0.2, 0.25) is 10.0 Å². The van der Waals surface area contributed by atoms with Gasteiger partial charge in [-0.15, -0.1) is 0 Å². The van der Waals surface area contributed by atoms with E-state index in [0.29, 0.717) is 6.54 Å². The molecule has 1 fully saturated rings. The van der Waals surface area contributed by atoms with Gasteiger partial charge in [-0.3, -0.25) is 0 Å². The average Bonchev–Trinajstić information content (AvgIpc) is 2.76. The molecule has 1 heterocycles. The summed E-state index contributed by atoms with van der Waals surface area (Å²) < 4.78 is 25.0. The van der Waals surface area contributed by atoms with Crippen molar-refractivity contribution in [2.75, 3.05) is 32.1 Å². The van der Waals surface area contributed by atoms with Gasteiger partial charge < -0.3 is 10.0 Å². The standard InChI is InChI=1S/C12H18N2O3S/c1-13(2)18(16,17)12-5-3-10(4-6-12)14-8-7-11(15)9-14/h3-6,11,15H,7-9H2,1-2H3/t11-/m0/s1. The molecule has 0 spiro atoms. The fraction of sp³-hybridized carbons (Fsp3) is 0.500. The molecule has 100 valence electrons. The zero-order valence-electron chi connectivity index (χ0n) is 10.6. The molecule has 0 aromatic heterocycles. The third kappa shape index (κ3) is 2.50. The Balaban J connectivity index is 2.21. The first-order valence-electron chi connectivity index (χ1n) is 5.87. The summed E-state index contributed by atoms with van der Waals surface area (Å²) >= 11 is 0. The van der Waals surface area contributed by atoms with Gasteiger partial charge in [0.25, 0.3) is 0 Å². The maximum Gasteiger partial charge on any atom is 0.242 e. The Labute approximate surface area is 108 Å². The maximum atomic E-state index is 11.9. The molecule has 1 aliphatic rings. The number of hydrogen-bond donors (Lipinski definition) is 1. The van der Waals surface area contributed by atoms with Crippen LogP contribution in [0.15, 0.2) is 29.2 Å². The number of rotatable bonds is 3. The van der Waals surface area contributed by atoms with Crippen LogP contribution < -0.4 is 4.90 Å². The lowest BCUT2D eigenvalue weighted by molar-refractivity contribution is 0.198. The minimum Gasteiger partial charge on any atom is -0.391 e. The lowest BCUT2D eigenvalue weighted by Crippen LogP contribution is -2.23. The summed E-state index contributed by atoms with van der Waals surface area (Å²) in [7, 11) is -0.335. The minimum atomic E-state index is -3.36. The molecule has 1 N–H and O–H groups in total. The second-order valence-electron chi connectivity index (χ2n) is 4.67. The SMILES string of the molecule is CN(C)S(=O)(=O)c1ccc(N2CC[C@H](O)C2)cc1. The Bertz CT molecular complexity index is 511. The van der Waals surface area contributed by atoms with Gasteiger partial charge in [-0.1, -0.05) is 0 Å². The molecule has 1 aromatic rings. The summed E-state index contributed by atoms with van der Waals surface area (Å²) in [5.41, 5.74) is 0.948. The van der Waals surface area contributed by atoms with Gasteiger partial charge in [0, 0.05) is 32.9 Å². The van der Waals surface area contributed by atoms with E-state index in [9.17, 15) is 13.5 Å². The van der Waals surface area contributed by atoms with Gasteiger partial charge in [-0.05, 0) is 30.7 Å². The normalized spacial score (nSPS) is 20.7. The molecule has 1 atom stereocenters. The van der Waals surface area contributed by atoms with Crippen LogP contribution in [0.4, 0.5) is 5.69 Å². The summed E-state index contributed by atoms with van der Waals surface area (Å²) in [6.07, 6.45) is 0.479. The number of benzene rings is 1. The van der Waals surface area contributed by atoms with Crippen molar-refractivity contribution >= 4 is 15.7 Å². The molecular formula is C12H18N2O3S. The van der Waals surface area contributed by atoms with Crippen LogP contribution in [0.3, 0.4) is 0 Å². The molecule has 0 aliphatic carbocycles. The Kier molecular flexibility index (Phi) is 3.61. The number of aliphatic hydroxyl groups excluding tert-OH is 1. The Morgan fingerprint density at radius 1 is 1.28 bits per heavy atom. The topological polar surface area (TPSA) is 60.9 Å². The highest BCUT2D eigenvalue weighted by Gasteiger charge is 2.21. The Morgan fingerprint density at radius 3 is 2.33 bits per heavy atom. The Hall–Kier alpha value is -1.11. The summed E-state index contributed by atoms with van der Waals surface area (Å²) in [5.74, 6) is 0. The highest BCUT2D eigenvalue weighted by atomic mass is 32.2. The van der Waals surface area contributed by atoms with Crippen molar-refractivity contribution in [1.82, 2.24) is 4.31 Å². The van der Waals surface area contributed by atoms with Crippen LogP contribution in [0.1, 0.15) is 6.42 Å². The van der Waals surface area contributed by atoms with Gasteiger partial charge in [0.1, 0.15) is 0 Å². The van der Waals surface area contributed by atoms with Crippen molar-refractivity contribution in [3.8, 4) is 0 Å². The molecule has 0 radical (unpaired) electrons. The van der Waals surface area contributed by atoms with E-state index in [2.05, 4.69) is 4.90 Å². The lowest BCUT2D eigenvalue weighted by atomic mass is 10.3. The highest BCUT2D eigenvalue weighted by molar-refractivity contribution is 7.89. The maximum absolute atomic E-state index is 11.9. The Morgan fingerprint density at radius 2 is 1.89 bits per heavy atom. The van der Waals surface area contributed by atoms with Crippen LogP contribution in [-0.4, -0.2) is 51.1 Å². The van der Waals surface area contributed by atoms with E-state index in [1.165, 1.54) is 18.4 Å². The molecule has 2 rings (SSSR count). The molecule has 6 heteroatoms. The zero-order valence-corrected chi connectivity index (χ0v) is 11.4. The summed E-state index contributed by atoms with van der Waals surface area (Å²) in [6.45, 7) is 1.42. The molecule has 0 saturated carbocycles. The summed E-state index contributed by atoms with van der Waals surface area (Å²) in [5, 5.41) is 9.47. The van der Waals surface area contributed by atoms with Gasteiger partial charge in [-0.25, -0.2) is 12.7 Å². The number of aliphatic hydroxyl groups is 1. The van der Waals surface area contributed by atoms with Gasteiger partial charge >= 0.3 is 0 Å².